The molecule has 0 atom stereocenters. The Hall–Kier alpha value is -2.56. The molecule has 0 saturated heterocycles. The van der Waals surface area contributed by atoms with E-state index in [0.29, 0.717) is 11.3 Å². The van der Waals surface area contributed by atoms with Crippen LogP contribution in [0, 0.1) is 0 Å². The summed E-state index contributed by atoms with van der Waals surface area (Å²) in [5.74, 6) is 0.449. The molecule has 23 heavy (non-hydrogen) atoms. The third-order valence-electron chi connectivity index (χ3n) is 3.17. The van der Waals surface area contributed by atoms with Gasteiger partial charge in [0.25, 0.3) is 5.91 Å². The largest absolute Gasteiger partial charge is 0.491 e. The van der Waals surface area contributed by atoms with Crippen molar-refractivity contribution in [3.05, 3.63) is 58.0 Å². The molecule has 0 fully saturated rings. The van der Waals surface area contributed by atoms with Crippen molar-refractivity contribution in [3.8, 4) is 5.75 Å². The molecular weight excluding hydrogens is 292 g/mol. The Kier molecular flexibility index (Phi) is 5.57. The predicted molar refractivity (Wildman–Crippen MR) is 91.2 cm³/mol. The van der Waals surface area contributed by atoms with E-state index in [9.17, 15) is 9.59 Å². The fourth-order valence-corrected chi connectivity index (χ4v) is 2.23. The average Bonchev–Trinajstić information content (AvgIpc) is 2.48. The summed E-state index contributed by atoms with van der Waals surface area (Å²) in [6, 6.07) is 10.2. The minimum Gasteiger partial charge on any atom is -0.491 e. The molecule has 122 valence electrons. The normalized spacial score (nSPS) is 10.6. The molecule has 0 saturated carbocycles. The lowest BCUT2D eigenvalue weighted by molar-refractivity contribution is 0.102. The standard InChI is InChI=1S/C18H22N2O3/c1-4-5-15-10-13(11-17(21)19-15)18(22)20-14-6-8-16(9-7-14)23-12(2)3/h6-12H,4-5H2,1-3H3,(H,19,21)(H,20,22). The first-order valence-corrected chi connectivity index (χ1v) is 7.79. The number of hydrogen-bond acceptors (Lipinski definition) is 3. The monoisotopic (exact) mass is 314 g/mol. The van der Waals surface area contributed by atoms with Gasteiger partial charge in [-0.2, -0.15) is 0 Å². The van der Waals surface area contributed by atoms with E-state index in [1.165, 1.54) is 6.07 Å². The zero-order valence-electron chi connectivity index (χ0n) is 13.7. The lowest BCUT2D eigenvalue weighted by atomic mass is 10.1. The van der Waals surface area contributed by atoms with Gasteiger partial charge < -0.3 is 15.0 Å². The molecule has 0 aliphatic rings. The number of pyridine rings is 1. The molecule has 1 aromatic heterocycles. The highest BCUT2D eigenvalue weighted by atomic mass is 16.5. The number of aromatic amines is 1. The van der Waals surface area contributed by atoms with E-state index in [2.05, 4.69) is 10.3 Å². The maximum Gasteiger partial charge on any atom is 0.255 e. The summed E-state index contributed by atoms with van der Waals surface area (Å²) in [7, 11) is 0. The Bertz CT molecular complexity index is 718. The quantitative estimate of drug-likeness (QED) is 0.858. The van der Waals surface area contributed by atoms with Gasteiger partial charge in [-0.15, -0.1) is 0 Å². The third kappa shape index (κ3) is 4.98. The van der Waals surface area contributed by atoms with Crippen molar-refractivity contribution >= 4 is 11.6 Å². The van der Waals surface area contributed by atoms with Crippen LogP contribution in [-0.4, -0.2) is 17.0 Å². The molecule has 5 nitrogen and oxygen atoms in total. The second-order valence-corrected chi connectivity index (χ2v) is 5.65. The summed E-state index contributed by atoms with van der Waals surface area (Å²) in [5.41, 5.74) is 1.52. The molecule has 0 spiro atoms. The Morgan fingerprint density at radius 3 is 2.52 bits per heavy atom. The van der Waals surface area contributed by atoms with Crippen molar-refractivity contribution in [1.29, 1.82) is 0 Å². The average molecular weight is 314 g/mol. The Morgan fingerprint density at radius 1 is 1.22 bits per heavy atom. The SMILES string of the molecule is CCCc1cc(C(=O)Nc2ccc(OC(C)C)cc2)cc(=O)[nH]1. The van der Waals surface area contributed by atoms with Crippen LogP contribution in [0.15, 0.2) is 41.2 Å². The lowest BCUT2D eigenvalue weighted by Crippen LogP contribution is -2.17. The number of rotatable bonds is 6. The summed E-state index contributed by atoms with van der Waals surface area (Å²) in [6.07, 6.45) is 1.74. The summed E-state index contributed by atoms with van der Waals surface area (Å²) in [5, 5.41) is 2.79. The van der Waals surface area contributed by atoms with Crippen molar-refractivity contribution in [2.75, 3.05) is 5.32 Å². The number of carbonyl (C=O) groups is 1. The maximum absolute atomic E-state index is 12.3. The molecule has 1 heterocycles. The zero-order chi connectivity index (χ0) is 16.8. The van der Waals surface area contributed by atoms with Gasteiger partial charge in [-0.25, -0.2) is 0 Å². The summed E-state index contributed by atoms with van der Waals surface area (Å²) in [4.78, 5) is 26.7. The molecule has 0 aliphatic carbocycles. The number of ether oxygens (including phenoxy) is 1. The van der Waals surface area contributed by atoms with E-state index in [1.54, 1.807) is 30.3 Å². The first-order valence-electron chi connectivity index (χ1n) is 7.79. The van der Waals surface area contributed by atoms with E-state index in [1.807, 2.05) is 20.8 Å². The first-order chi connectivity index (χ1) is 11.0. The first kappa shape index (κ1) is 16.8. The fourth-order valence-electron chi connectivity index (χ4n) is 2.23. The van der Waals surface area contributed by atoms with Crippen molar-refractivity contribution in [2.45, 2.75) is 39.7 Å². The molecule has 2 N–H and O–H groups in total. The van der Waals surface area contributed by atoms with Gasteiger partial charge in [-0.3, -0.25) is 9.59 Å². The van der Waals surface area contributed by atoms with Crippen molar-refractivity contribution < 1.29 is 9.53 Å². The molecule has 0 bridgehead atoms. The number of H-pyrrole nitrogens is 1. The van der Waals surface area contributed by atoms with Crippen molar-refractivity contribution in [2.24, 2.45) is 0 Å². The molecule has 5 heteroatoms. The molecule has 0 radical (unpaired) electrons. The highest BCUT2D eigenvalue weighted by Gasteiger charge is 2.09. The molecule has 1 aromatic carbocycles. The number of nitrogens with one attached hydrogen (secondary N) is 2. The topological polar surface area (TPSA) is 71.2 Å². The van der Waals surface area contributed by atoms with Gasteiger partial charge in [0.05, 0.1) is 6.10 Å². The van der Waals surface area contributed by atoms with Crippen LogP contribution in [0.3, 0.4) is 0 Å². The number of amides is 1. The molecular formula is C18H22N2O3. The number of hydrogen-bond donors (Lipinski definition) is 2. The van der Waals surface area contributed by atoms with E-state index in [-0.39, 0.29) is 17.6 Å². The van der Waals surface area contributed by atoms with Gasteiger partial charge in [0.15, 0.2) is 0 Å². The second kappa shape index (κ2) is 7.63. The lowest BCUT2D eigenvalue weighted by Gasteiger charge is -2.11. The Labute approximate surface area is 135 Å². The van der Waals surface area contributed by atoms with Crippen LogP contribution in [0.5, 0.6) is 5.75 Å². The Morgan fingerprint density at radius 2 is 1.91 bits per heavy atom. The highest BCUT2D eigenvalue weighted by Crippen LogP contribution is 2.17. The van der Waals surface area contributed by atoms with E-state index in [4.69, 9.17) is 4.74 Å². The van der Waals surface area contributed by atoms with Crippen LogP contribution in [0.2, 0.25) is 0 Å². The third-order valence-corrected chi connectivity index (χ3v) is 3.17. The maximum atomic E-state index is 12.3. The van der Waals surface area contributed by atoms with Gasteiger partial charge in [-0.1, -0.05) is 13.3 Å². The second-order valence-electron chi connectivity index (χ2n) is 5.65. The number of anilines is 1. The number of benzene rings is 1. The predicted octanol–water partition coefficient (Wildman–Crippen LogP) is 3.37. The number of aromatic nitrogens is 1. The van der Waals surface area contributed by atoms with Crippen LogP contribution < -0.4 is 15.6 Å². The van der Waals surface area contributed by atoms with Gasteiger partial charge in [-0.05, 0) is 50.6 Å². The Balaban J connectivity index is 2.11. The van der Waals surface area contributed by atoms with Gasteiger partial charge in [0, 0.05) is 23.0 Å². The number of aryl methyl sites for hydroxylation is 1. The van der Waals surface area contributed by atoms with Gasteiger partial charge in [0.2, 0.25) is 5.56 Å². The van der Waals surface area contributed by atoms with Gasteiger partial charge >= 0.3 is 0 Å². The van der Waals surface area contributed by atoms with Gasteiger partial charge in [0.1, 0.15) is 5.75 Å². The summed E-state index contributed by atoms with van der Waals surface area (Å²) in [6.45, 7) is 5.93. The minimum absolute atomic E-state index is 0.100. The summed E-state index contributed by atoms with van der Waals surface area (Å²) < 4.78 is 5.56. The molecule has 0 aliphatic heterocycles. The zero-order valence-corrected chi connectivity index (χ0v) is 13.7. The molecule has 1 amide bonds. The van der Waals surface area contributed by atoms with Crippen LogP contribution in [-0.2, 0) is 6.42 Å². The van der Waals surface area contributed by atoms with Crippen LogP contribution in [0.4, 0.5) is 5.69 Å². The highest BCUT2D eigenvalue weighted by molar-refractivity contribution is 6.04. The van der Waals surface area contributed by atoms with E-state index in [0.717, 1.165) is 24.3 Å². The number of carbonyl (C=O) groups excluding carboxylic acids is 1. The minimum atomic E-state index is -0.300. The van der Waals surface area contributed by atoms with Crippen LogP contribution in [0.25, 0.3) is 0 Å². The van der Waals surface area contributed by atoms with Crippen molar-refractivity contribution in [3.63, 3.8) is 0 Å². The molecule has 0 unspecified atom stereocenters. The smallest absolute Gasteiger partial charge is 0.255 e. The van der Waals surface area contributed by atoms with Crippen molar-refractivity contribution in [1.82, 2.24) is 4.98 Å². The van der Waals surface area contributed by atoms with E-state index >= 15 is 0 Å². The van der Waals surface area contributed by atoms with E-state index < -0.39 is 0 Å². The van der Waals surface area contributed by atoms with Crippen LogP contribution >= 0.6 is 0 Å². The molecule has 2 aromatic rings. The summed E-state index contributed by atoms with van der Waals surface area (Å²) >= 11 is 0. The fraction of sp³-hybridized carbons (Fsp3) is 0.333. The molecule has 2 rings (SSSR count). The van der Waals surface area contributed by atoms with Crippen LogP contribution in [0.1, 0.15) is 43.2 Å².